The maximum absolute atomic E-state index is 11.3. The van der Waals surface area contributed by atoms with Gasteiger partial charge in [-0.15, -0.1) is 0 Å². The normalized spacial score (nSPS) is 20.3. The van der Waals surface area contributed by atoms with Crippen LogP contribution in [0, 0.1) is 5.92 Å². The van der Waals surface area contributed by atoms with Gasteiger partial charge in [0.2, 0.25) is 0 Å². The van der Waals surface area contributed by atoms with Gasteiger partial charge in [0.25, 0.3) is 0 Å². The first kappa shape index (κ1) is 9.72. The van der Waals surface area contributed by atoms with Gasteiger partial charge in [-0.05, 0) is 43.4 Å². The van der Waals surface area contributed by atoms with Gasteiger partial charge in [-0.2, -0.15) is 0 Å². The van der Waals surface area contributed by atoms with Crippen molar-refractivity contribution in [2.45, 2.75) is 26.2 Å². The number of halogens is 1. The average molecular weight is 209 g/mol. The van der Waals surface area contributed by atoms with Crippen molar-refractivity contribution in [3.8, 4) is 0 Å². The van der Waals surface area contributed by atoms with Gasteiger partial charge in [-0.3, -0.25) is 4.79 Å². The Balaban J connectivity index is 2.33. The Kier molecular flexibility index (Phi) is 2.60. The molecule has 14 heavy (non-hydrogen) atoms. The highest BCUT2D eigenvalue weighted by Crippen LogP contribution is 2.30. The molecule has 1 aliphatic rings. The van der Waals surface area contributed by atoms with Crippen molar-refractivity contribution in [2.75, 3.05) is 0 Å². The van der Waals surface area contributed by atoms with Gasteiger partial charge in [0.05, 0.1) is 0 Å². The number of hydrogen-bond acceptors (Lipinski definition) is 1. The molecule has 1 unspecified atom stereocenters. The molecule has 0 aliphatic heterocycles. The maximum atomic E-state index is 11.3. The van der Waals surface area contributed by atoms with E-state index in [1.54, 1.807) is 6.92 Å². The molecular formula is C12H13ClO. The number of carbonyl (C=O) groups is 1. The number of rotatable bonds is 1. The van der Waals surface area contributed by atoms with E-state index in [2.05, 4.69) is 6.07 Å². The molecule has 1 atom stereocenters. The van der Waals surface area contributed by atoms with Crippen molar-refractivity contribution in [1.29, 1.82) is 0 Å². The molecule has 1 nitrogen and oxygen atoms in total. The van der Waals surface area contributed by atoms with Gasteiger partial charge in [0.15, 0.2) is 0 Å². The number of benzene rings is 1. The first-order chi connectivity index (χ1) is 6.68. The van der Waals surface area contributed by atoms with Crippen molar-refractivity contribution in [2.24, 2.45) is 5.92 Å². The van der Waals surface area contributed by atoms with E-state index in [0.29, 0.717) is 0 Å². The highest BCUT2D eigenvalue weighted by molar-refractivity contribution is 6.31. The summed E-state index contributed by atoms with van der Waals surface area (Å²) in [4.78, 5) is 11.3. The third-order valence-corrected chi connectivity index (χ3v) is 3.36. The molecule has 0 amide bonds. The second-order valence-electron chi connectivity index (χ2n) is 3.93. The van der Waals surface area contributed by atoms with Gasteiger partial charge < -0.3 is 0 Å². The summed E-state index contributed by atoms with van der Waals surface area (Å²) in [5.41, 5.74) is 2.50. The lowest BCUT2D eigenvalue weighted by Gasteiger charge is -2.23. The molecule has 0 heterocycles. The van der Waals surface area contributed by atoms with Crippen LogP contribution in [0.3, 0.4) is 0 Å². The summed E-state index contributed by atoms with van der Waals surface area (Å²) in [7, 11) is 0. The molecule has 0 fully saturated rings. The Morgan fingerprint density at radius 1 is 1.50 bits per heavy atom. The van der Waals surface area contributed by atoms with E-state index in [4.69, 9.17) is 11.6 Å². The minimum atomic E-state index is 0.183. The summed E-state index contributed by atoms with van der Waals surface area (Å²) in [6.45, 7) is 1.67. The molecule has 0 N–H and O–H groups in total. The largest absolute Gasteiger partial charge is 0.300 e. The van der Waals surface area contributed by atoms with E-state index < -0.39 is 0 Å². The molecule has 0 bridgehead atoms. The molecule has 0 aromatic heterocycles. The number of aryl methyl sites for hydroxylation is 1. The lowest BCUT2D eigenvalue weighted by atomic mass is 9.82. The minimum absolute atomic E-state index is 0.183. The van der Waals surface area contributed by atoms with E-state index in [0.717, 1.165) is 24.3 Å². The minimum Gasteiger partial charge on any atom is -0.300 e. The fourth-order valence-electron chi connectivity index (χ4n) is 2.09. The second-order valence-corrected chi connectivity index (χ2v) is 4.34. The van der Waals surface area contributed by atoms with Crippen LogP contribution < -0.4 is 0 Å². The van der Waals surface area contributed by atoms with E-state index in [1.165, 1.54) is 11.1 Å². The Labute approximate surface area is 89.1 Å². The fraction of sp³-hybridized carbons (Fsp3) is 0.417. The van der Waals surface area contributed by atoms with Crippen LogP contribution in [0.4, 0.5) is 0 Å². The molecule has 0 spiro atoms. The lowest BCUT2D eigenvalue weighted by Crippen LogP contribution is -2.20. The molecule has 74 valence electrons. The van der Waals surface area contributed by atoms with Crippen molar-refractivity contribution in [1.82, 2.24) is 0 Å². The van der Waals surface area contributed by atoms with Crippen molar-refractivity contribution in [3.63, 3.8) is 0 Å². The van der Waals surface area contributed by atoms with Gasteiger partial charge in [0.1, 0.15) is 5.78 Å². The van der Waals surface area contributed by atoms with Crippen LogP contribution in [-0.2, 0) is 17.6 Å². The van der Waals surface area contributed by atoms with Crippen LogP contribution in [0.15, 0.2) is 18.2 Å². The third-order valence-electron chi connectivity index (χ3n) is 3.00. The predicted octanol–water partition coefficient (Wildman–Crippen LogP) is 3.03. The van der Waals surface area contributed by atoms with E-state index in [-0.39, 0.29) is 11.7 Å². The second kappa shape index (κ2) is 3.74. The topological polar surface area (TPSA) is 17.1 Å². The molecule has 0 saturated heterocycles. The molecule has 1 aromatic carbocycles. The third kappa shape index (κ3) is 1.69. The summed E-state index contributed by atoms with van der Waals surface area (Å²) in [5, 5.41) is 0.813. The maximum Gasteiger partial charge on any atom is 0.133 e. The monoisotopic (exact) mass is 208 g/mol. The van der Waals surface area contributed by atoms with Gasteiger partial charge >= 0.3 is 0 Å². The Morgan fingerprint density at radius 2 is 2.29 bits per heavy atom. The highest BCUT2D eigenvalue weighted by Gasteiger charge is 2.23. The van der Waals surface area contributed by atoms with Gasteiger partial charge in [-0.1, -0.05) is 23.7 Å². The predicted molar refractivity (Wildman–Crippen MR) is 57.6 cm³/mol. The highest BCUT2D eigenvalue weighted by atomic mass is 35.5. The fourth-order valence-corrected chi connectivity index (χ4v) is 2.36. The number of fused-ring (bicyclic) bond motifs is 1. The molecule has 2 heteroatoms. The van der Waals surface area contributed by atoms with Crippen LogP contribution >= 0.6 is 11.6 Å². The zero-order valence-electron chi connectivity index (χ0n) is 8.22. The number of ketones is 1. The number of carbonyl (C=O) groups excluding carboxylic acids is 1. The van der Waals surface area contributed by atoms with E-state index >= 15 is 0 Å². The first-order valence-corrected chi connectivity index (χ1v) is 5.33. The van der Waals surface area contributed by atoms with Crippen molar-refractivity contribution in [3.05, 3.63) is 34.3 Å². The average Bonchev–Trinajstić information content (AvgIpc) is 2.18. The summed E-state index contributed by atoms with van der Waals surface area (Å²) >= 11 is 6.10. The number of Topliss-reactive ketones (excluding diaryl/α,β-unsaturated/α-hetero) is 1. The van der Waals surface area contributed by atoms with Crippen LogP contribution in [0.5, 0.6) is 0 Å². The quantitative estimate of drug-likeness (QED) is 0.694. The number of hydrogen-bond donors (Lipinski definition) is 0. The van der Waals surface area contributed by atoms with Crippen LogP contribution in [0.2, 0.25) is 5.02 Å². The summed E-state index contributed by atoms with van der Waals surface area (Å²) in [5.74, 6) is 0.470. The van der Waals surface area contributed by atoms with Crippen LogP contribution in [0.1, 0.15) is 24.5 Å². The molecule has 0 saturated carbocycles. The van der Waals surface area contributed by atoms with E-state index in [9.17, 15) is 4.79 Å². The molecule has 1 aliphatic carbocycles. The summed E-state index contributed by atoms with van der Waals surface area (Å²) < 4.78 is 0. The van der Waals surface area contributed by atoms with Crippen LogP contribution in [0.25, 0.3) is 0 Å². The van der Waals surface area contributed by atoms with Gasteiger partial charge in [0, 0.05) is 10.9 Å². The SMILES string of the molecule is CC(=O)C1CCc2cccc(Cl)c2C1. The first-order valence-electron chi connectivity index (χ1n) is 4.95. The Morgan fingerprint density at radius 3 is 3.00 bits per heavy atom. The summed E-state index contributed by atoms with van der Waals surface area (Å²) in [6, 6.07) is 6.00. The Bertz CT molecular complexity index is 371. The van der Waals surface area contributed by atoms with Crippen LogP contribution in [-0.4, -0.2) is 5.78 Å². The molecule has 2 rings (SSSR count). The zero-order chi connectivity index (χ0) is 10.1. The van der Waals surface area contributed by atoms with Crippen molar-refractivity contribution >= 4 is 17.4 Å². The van der Waals surface area contributed by atoms with E-state index in [1.807, 2.05) is 12.1 Å². The molecule has 0 radical (unpaired) electrons. The smallest absolute Gasteiger partial charge is 0.133 e. The zero-order valence-corrected chi connectivity index (χ0v) is 8.97. The summed E-state index contributed by atoms with van der Waals surface area (Å²) in [6.07, 6.45) is 2.78. The molecule has 1 aromatic rings. The van der Waals surface area contributed by atoms with Crippen molar-refractivity contribution < 1.29 is 4.79 Å². The lowest BCUT2D eigenvalue weighted by molar-refractivity contribution is -0.121. The molecular weight excluding hydrogens is 196 g/mol. The Hall–Kier alpha value is -0.820. The standard InChI is InChI=1S/C12H13ClO/c1-8(14)10-6-5-9-3-2-4-12(13)11(9)7-10/h2-4,10H,5-7H2,1H3. The van der Waals surface area contributed by atoms with Gasteiger partial charge in [-0.25, -0.2) is 0 Å².